The van der Waals surface area contributed by atoms with Gasteiger partial charge in [-0.15, -0.1) is 0 Å². The van der Waals surface area contributed by atoms with Crippen LogP contribution < -0.4 is 0 Å². The summed E-state index contributed by atoms with van der Waals surface area (Å²) in [6, 6.07) is 9.12. The summed E-state index contributed by atoms with van der Waals surface area (Å²) >= 11 is 0. The molecule has 0 spiro atoms. The number of hydrogen-bond donors (Lipinski definition) is 1. The highest BCUT2D eigenvalue weighted by Gasteiger charge is 2.31. The maximum Gasteiger partial charge on any atom is 0.319 e. The molecule has 19 heavy (non-hydrogen) atoms. The van der Waals surface area contributed by atoms with Gasteiger partial charge in [0.25, 0.3) is 6.43 Å². The predicted octanol–water partition coefficient (Wildman–Crippen LogP) is 3.07. The first-order valence-electron chi connectivity index (χ1n) is 5.61. The highest BCUT2D eigenvalue weighted by atomic mass is 19.3. The molecule has 1 atom stereocenters. The number of benzene rings is 2. The van der Waals surface area contributed by atoms with Gasteiger partial charge in [0, 0.05) is 0 Å². The second kappa shape index (κ2) is 5.22. The largest absolute Gasteiger partial charge is 0.508 e. The number of hydrogen-bond acceptors (Lipinski definition) is 3. The summed E-state index contributed by atoms with van der Waals surface area (Å²) in [7, 11) is 1.08. The first-order chi connectivity index (χ1) is 9.02. The predicted molar refractivity (Wildman–Crippen MR) is 66.4 cm³/mol. The molecule has 1 unspecified atom stereocenters. The van der Waals surface area contributed by atoms with Gasteiger partial charge in [-0.25, -0.2) is 8.78 Å². The van der Waals surface area contributed by atoms with Crippen LogP contribution in [0.2, 0.25) is 0 Å². The molecule has 2 rings (SSSR count). The van der Waals surface area contributed by atoms with E-state index in [4.69, 9.17) is 0 Å². The molecular weight excluding hydrogens is 254 g/mol. The summed E-state index contributed by atoms with van der Waals surface area (Å²) in [4.78, 5) is 11.4. The van der Waals surface area contributed by atoms with Crippen LogP contribution >= 0.6 is 0 Å². The number of carbonyl (C=O) groups excluding carboxylic acids is 1. The SMILES string of the molecule is COC(=O)C(c1ccc2cc(O)ccc2c1)C(F)F. The maximum atomic E-state index is 12.9. The zero-order valence-corrected chi connectivity index (χ0v) is 10.1. The lowest BCUT2D eigenvalue weighted by atomic mass is 9.96. The highest BCUT2D eigenvalue weighted by Crippen LogP contribution is 2.29. The van der Waals surface area contributed by atoms with E-state index in [2.05, 4.69) is 4.74 Å². The van der Waals surface area contributed by atoms with Gasteiger partial charge in [-0.2, -0.15) is 0 Å². The Morgan fingerprint density at radius 1 is 1.16 bits per heavy atom. The summed E-state index contributed by atoms with van der Waals surface area (Å²) in [5, 5.41) is 10.7. The molecule has 3 nitrogen and oxygen atoms in total. The fraction of sp³-hybridized carbons (Fsp3) is 0.214. The molecule has 0 aliphatic rings. The van der Waals surface area contributed by atoms with Crippen molar-refractivity contribution in [3.63, 3.8) is 0 Å². The van der Waals surface area contributed by atoms with Gasteiger partial charge < -0.3 is 9.84 Å². The Balaban J connectivity index is 2.49. The summed E-state index contributed by atoms with van der Waals surface area (Å²) in [5.74, 6) is -2.46. The quantitative estimate of drug-likeness (QED) is 0.868. The molecule has 1 N–H and O–H groups in total. The summed E-state index contributed by atoms with van der Waals surface area (Å²) < 4.78 is 30.3. The third-order valence-electron chi connectivity index (χ3n) is 2.91. The number of methoxy groups -OCH3 is 1. The second-order valence-corrected chi connectivity index (χ2v) is 4.13. The number of ether oxygens (including phenoxy) is 1. The van der Waals surface area contributed by atoms with E-state index in [1.54, 1.807) is 12.1 Å². The fourth-order valence-electron chi connectivity index (χ4n) is 1.96. The molecular formula is C14H12F2O3. The minimum atomic E-state index is -2.83. The lowest BCUT2D eigenvalue weighted by Crippen LogP contribution is -2.21. The molecule has 0 amide bonds. The molecule has 5 heteroatoms. The number of phenols is 1. The molecule has 100 valence electrons. The molecule has 2 aromatic carbocycles. The van der Waals surface area contributed by atoms with Crippen LogP contribution in [-0.4, -0.2) is 24.6 Å². The van der Waals surface area contributed by atoms with Gasteiger partial charge >= 0.3 is 5.97 Å². The average molecular weight is 266 g/mol. The number of esters is 1. The lowest BCUT2D eigenvalue weighted by Gasteiger charge is -2.14. The van der Waals surface area contributed by atoms with Crippen LogP contribution in [0.5, 0.6) is 5.75 Å². The summed E-state index contributed by atoms with van der Waals surface area (Å²) in [6.07, 6.45) is -2.83. The Morgan fingerprint density at radius 2 is 1.79 bits per heavy atom. The Labute approximate surface area is 108 Å². The monoisotopic (exact) mass is 266 g/mol. The van der Waals surface area contributed by atoms with Gasteiger partial charge in [0.15, 0.2) is 0 Å². The zero-order valence-electron chi connectivity index (χ0n) is 10.1. The first-order valence-corrected chi connectivity index (χ1v) is 5.61. The van der Waals surface area contributed by atoms with E-state index in [1.165, 1.54) is 24.3 Å². The normalized spacial score (nSPS) is 12.6. The van der Waals surface area contributed by atoms with E-state index in [1.807, 2.05) is 0 Å². The maximum absolute atomic E-state index is 12.9. The molecule has 0 saturated heterocycles. The Morgan fingerprint density at radius 3 is 2.42 bits per heavy atom. The van der Waals surface area contributed by atoms with Crippen molar-refractivity contribution in [1.29, 1.82) is 0 Å². The molecule has 0 saturated carbocycles. The molecule has 0 radical (unpaired) electrons. The van der Waals surface area contributed by atoms with Crippen molar-refractivity contribution in [2.75, 3.05) is 7.11 Å². The van der Waals surface area contributed by atoms with E-state index < -0.39 is 18.3 Å². The smallest absolute Gasteiger partial charge is 0.319 e. The van der Waals surface area contributed by atoms with Gasteiger partial charge in [-0.3, -0.25) is 4.79 Å². The molecule has 0 fully saturated rings. The molecule has 0 bridgehead atoms. The van der Waals surface area contributed by atoms with E-state index >= 15 is 0 Å². The number of halogens is 2. The van der Waals surface area contributed by atoms with Crippen molar-refractivity contribution in [3.8, 4) is 5.75 Å². The highest BCUT2D eigenvalue weighted by molar-refractivity contribution is 5.87. The van der Waals surface area contributed by atoms with Crippen LogP contribution in [0.1, 0.15) is 11.5 Å². The summed E-state index contributed by atoms with van der Waals surface area (Å²) in [6.45, 7) is 0. The fourth-order valence-corrected chi connectivity index (χ4v) is 1.96. The zero-order chi connectivity index (χ0) is 14.0. The Bertz CT molecular complexity index is 611. The van der Waals surface area contributed by atoms with Crippen molar-refractivity contribution in [2.24, 2.45) is 0 Å². The summed E-state index contributed by atoms with van der Waals surface area (Å²) in [5.41, 5.74) is 0.194. The third kappa shape index (κ3) is 2.65. The minimum Gasteiger partial charge on any atom is -0.508 e. The van der Waals surface area contributed by atoms with E-state index in [9.17, 15) is 18.7 Å². The lowest BCUT2D eigenvalue weighted by molar-refractivity contribution is -0.146. The number of aromatic hydroxyl groups is 1. The standard InChI is InChI=1S/C14H12F2O3/c1-19-14(18)12(13(15)16)10-3-2-9-7-11(17)5-4-8(9)6-10/h2-7,12-13,17H,1H3. The minimum absolute atomic E-state index is 0.0960. The van der Waals surface area contributed by atoms with Crippen LogP contribution in [0.15, 0.2) is 36.4 Å². The van der Waals surface area contributed by atoms with Crippen LogP contribution in [0.4, 0.5) is 8.78 Å². The van der Waals surface area contributed by atoms with Crippen LogP contribution in [0.25, 0.3) is 10.8 Å². The van der Waals surface area contributed by atoms with Gasteiger partial charge in [0.1, 0.15) is 11.7 Å². The molecule has 2 aromatic rings. The van der Waals surface area contributed by atoms with E-state index in [-0.39, 0.29) is 11.3 Å². The third-order valence-corrected chi connectivity index (χ3v) is 2.91. The molecule has 0 aromatic heterocycles. The van der Waals surface area contributed by atoms with E-state index in [0.29, 0.717) is 10.8 Å². The Kier molecular flexibility index (Phi) is 3.64. The van der Waals surface area contributed by atoms with Gasteiger partial charge in [0.05, 0.1) is 7.11 Å². The van der Waals surface area contributed by atoms with Crippen LogP contribution in [-0.2, 0) is 9.53 Å². The number of alkyl halides is 2. The molecule has 0 aliphatic carbocycles. The molecule has 0 heterocycles. The number of carbonyl (C=O) groups is 1. The molecule has 0 aliphatic heterocycles. The van der Waals surface area contributed by atoms with Crippen LogP contribution in [0.3, 0.4) is 0 Å². The van der Waals surface area contributed by atoms with Crippen molar-refractivity contribution in [2.45, 2.75) is 12.3 Å². The number of rotatable bonds is 3. The van der Waals surface area contributed by atoms with Crippen LogP contribution in [0, 0.1) is 0 Å². The topological polar surface area (TPSA) is 46.5 Å². The van der Waals surface area contributed by atoms with Gasteiger partial charge in [0.2, 0.25) is 0 Å². The van der Waals surface area contributed by atoms with Crippen molar-refractivity contribution in [3.05, 3.63) is 42.0 Å². The van der Waals surface area contributed by atoms with Crippen molar-refractivity contribution >= 4 is 16.7 Å². The van der Waals surface area contributed by atoms with Crippen molar-refractivity contribution < 1.29 is 23.4 Å². The van der Waals surface area contributed by atoms with Crippen molar-refractivity contribution in [1.82, 2.24) is 0 Å². The Hall–Kier alpha value is -2.17. The number of fused-ring (bicyclic) bond motifs is 1. The van der Waals surface area contributed by atoms with Gasteiger partial charge in [-0.05, 0) is 28.5 Å². The first kappa shape index (κ1) is 13.3. The number of phenolic OH excluding ortho intramolecular Hbond substituents is 1. The second-order valence-electron chi connectivity index (χ2n) is 4.13. The van der Waals surface area contributed by atoms with E-state index in [0.717, 1.165) is 7.11 Å². The van der Waals surface area contributed by atoms with Gasteiger partial charge in [-0.1, -0.05) is 24.3 Å². The average Bonchev–Trinajstić information content (AvgIpc) is 2.38.